The molecule has 2 aromatic carbocycles. The van der Waals surface area contributed by atoms with Crippen molar-refractivity contribution in [3.8, 4) is 5.69 Å². The van der Waals surface area contributed by atoms with Crippen molar-refractivity contribution in [3.63, 3.8) is 0 Å². The molecule has 0 unspecified atom stereocenters. The van der Waals surface area contributed by atoms with Crippen LogP contribution in [0.2, 0.25) is 0 Å². The minimum absolute atomic E-state index is 0.222. The van der Waals surface area contributed by atoms with Crippen LogP contribution in [0.25, 0.3) is 5.69 Å². The number of furan rings is 1. The summed E-state index contributed by atoms with van der Waals surface area (Å²) in [4.78, 5) is 30.0. The third kappa shape index (κ3) is 4.75. The van der Waals surface area contributed by atoms with Crippen LogP contribution >= 0.6 is 11.8 Å². The van der Waals surface area contributed by atoms with Gasteiger partial charge in [-0.3, -0.25) is 19.5 Å². The first-order chi connectivity index (χ1) is 15.1. The van der Waals surface area contributed by atoms with Gasteiger partial charge in [-0.2, -0.15) is 0 Å². The Morgan fingerprint density at radius 2 is 1.77 bits per heavy atom. The number of rotatable bonds is 9. The van der Waals surface area contributed by atoms with Crippen LogP contribution in [0.4, 0.5) is 0 Å². The molecule has 4 aromatic rings. The Morgan fingerprint density at radius 1 is 1.06 bits per heavy atom. The molecule has 0 fully saturated rings. The van der Waals surface area contributed by atoms with Crippen molar-refractivity contribution in [1.82, 2.24) is 9.55 Å². The first-order valence-electron chi connectivity index (χ1n) is 9.63. The van der Waals surface area contributed by atoms with E-state index in [-0.39, 0.29) is 11.6 Å². The van der Waals surface area contributed by atoms with Crippen LogP contribution in [0.3, 0.4) is 0 Å². The second-order valence-corrected chi connectivity index (χ2v) is 8.02. The highest BCUT2D eigenvalue weighted by Gasteiger charge is 2.38. The van der Waals surface area contributed by atoms with Crippen LogP contribution < -0.4 is 0 Å². The van der Waals surface area contributed by atoms with Crippen LogP contribution in [0.15, 0.2) is 101 Å². The highest BCUT2D eigenvalue weighted by molar-refractivity contribution is 8.00. The highest BCUT2D eigenvalue weighted by atomic mass is 32.2. The Kier molecular flexibility index (Phi) is 6.28. The van der Waals surface area contributed by atoms with Crippen LogP contribution in [0, 0.1) is 10.1 Å². The second kappa shape index (κ2) is 9.44. The summed E-state index contributed by atoms with van der Waals surface area (Å²) >= 11 is 1.28. The van der Waals surface area contributed by atoms with Crippen LogP contribution in [0.5, 0.6) is 0 Å². The van der Waals surface area contributed by atoms with Gasteiger partial charge in [0.15, 0.2) is 5.82 Å². The van der Waals surface area contributed by atoms with E-state index in [0.29, 0.717) is 5.76 Å². The molecule has 0 amide bonds. The zero-order chi connectivity index (χ0) is 21.6. The van der Waals surface area contributed by atoms with Gasteiger partial charge in [0.25, 0.3) is 0 Å². The Morgan fingerprint density at radius 3 is 2.42 bits per heavy atom. The standard InChI is InChI=1S/C23H19N3O4S/c27-21(23-24-13-14-25(23)17-8-3-1-4-9-17)22(31-18-10-5-2-6-11-18)19(16-26(28)29)20-12-7-15-30-20/h1-15,19,22H,16H2/t19-,22-/m0/s1. The highest BCUT2D eigenvalue weighted by Crippen LogP contribution is 2.36. The molecule has 0 bridgehead atoms. The molecule has 0 saturated carbocycles. The summed E-state index contributed by atoms with van der Waals surface area (Å²) in [6.07, 6.45) is 4.73. The molecule has 7 nitrogen and oxygen atoms in total. The number of nitro groups is 1. The molecule has 2 atom stereocenters. The van der Waals surface area contributed by atoms with E-state index in [2.05, 4.69) is 4.98 Å². The number of aromatic nitrogens is 2. The van der Waals surface area contributed by atoms with Crippen LogP contribution in [0.1, 0.15) is 22.3 Å². The number of hydrogen-bond donors (Lipinski definition) is 0. The Balaban J connectivity index is 1.76. The van der Waals surface area contributed by atoms with Gasteiger partial charge in [-0.1, -0.05) is 36.4 Å². The molecule has 0 aliphatic carbocycles. The number of Topliss-reactive ketones (excluding diaryl/α,β-unsaturated/α-hetero) is 1. The maximum Gasteiger partial charge on any atom is 0.215 e. The van der Waals surface area contributed by atoms with Crippen LogP contribution in [-0.4, -0.2) is 32.1 Å². The summed E-state index contributed by atoms with van der Waals surface area (Å²) in [6.45, 7) is -0.435. The van der Waals surface area contributed by atoms with Crippen molar-refractivity contribution in [3.05, 3.63) is 113 Å². The van der Waals surface area contributed by atoms with Gasteiger partial charge in [0, 0.05) is 27.9 Å². The summed E-state index contributed by atoms with van der Waals surface area (Å²) in [5.41, 5.74) is 0.788. The minimum atomic E-state index is -0.802. The third-order valence-electron chi connectivity index (χ3n) is 4.78. The van der Waals surface area contributed by atoms with E-state index in [1.807, 2.05) is 60.7 Å². The lowest BCUT2D eigenvalue weighted by molar-refractivity contribution is -0.483. The molecule has 2 heterocycles. The number of ketones is 1. The molecular weight excluding hydrogens is 414 g/mol. The molecule has 4 rings (SSSR count). The van der Waals surface area contributed by atoms with E-state index in [0.717, 1.165) is 10.6 Å². The maximum absolute atomic E-state index is 13.8. The summed E-state index contributed by atoms with van der Waals surface area (Å²) in [5.74, 6) is -0.439. The van der Waals surface area contributed by atoms with Crippen molar-refractivity contribution in [2.75, 3.05) is 6.54 Å². The molecule has 2 aromatic heterocycles. The topological polar surface area (TPSA) is 91.2 Å². The number of hydrogen-bond acceptors (Lipinski definition) is 6. The first-order valence-corrected chi connectivity index (χ1v) is 10.5. The normalized spacial score (nSPS) is 12.9. The van der Waals surface area contributed by atoms with Gasteiger partial charge in [0.1, 0.15) is 11.7 Å². The minimum Gasteiger partial charge on any atom is -0.469 e. The molecule has 8 heteroatoms. The number of nitrogens with zero attached hydrogens (tertiary/aromatic N) is 3. The Hall–Kier alpha value is -3.65. The fourth-order valence-electron chi connectivity index (χ4n) is 3.37. The van der Waals surface area contributed by atoms with Crippen molar-refractivity contribution < 1.29 is 14.1 Å². The van der Waals surface area contributed by atoms with E-state index in [1.165, 1.54) is 18.0 Å². The Labute approximate surface area is 182 Å². The number of thioether (sulfide) groups is 1. The lowest BCUT2D eigenvalue weighted by atomic mass is 9.98. The molecule has 0 spiro atoms. The van der Waals surface area contributed by atoms with Gasteiger partial charge < -0.3 is 4.42 Å². The fourth-order valence-corrected chi connectivity index (χ4v) is 4.58. The van der Waals surface area contributed by atoms with Gasteiger partial charge in [-0.05, 0) is 36.4 Å². The van der Waals surface area contributed by atoms with E-state index < -0.39 is 22.6 Å². The van der Waals surface area contributed by atoms with Crippen molar-refractivity contribution in [2.24, 2.45) is 0 Å². The summed E-state index contributed by atoms with van der Waals surface area (Å²) < 4.78 is 7.20. The number of imidazole rings is 1. The van der Waals surface area contributed by atoms with Gasteiger partial charge in [-0.25, -0.2) is 4.98 Å². The zero-order valence-electron chi connectivity index (χ0n) is 16.4. The molecule has 31 heavy (non-hydrogen) atoms. The third-order valence-corrected chi connectivity index (χ3v) is 6.12. The molecule has 0 N–H and O–H groups in total. The average Bonchev–Trinajstić information content (AvgIpc) is 3.49. The molecule has 0 saturated heterocycles. The number of carbonyl (C=O) groups excluding carboxylic acids is 1. The van der Waals surface area contributed by atoms with Crippen molar-refractivity contribution >= 4 is 17.5 Å². The predicted molar refractivity (Wildman–Crippen MR) is 117 cm³/mol. The van der Waals surface area contributed by atoms with Gasteiger partial charge in [-0.15, -0.1) is 11.8 Å². The lowest BCUT2D eigenvalue weighted by Gasteiger charge is -2.22. The van der Waals surface area contributed by atoms with E-state index >= 15 is 0 Å². The largest absolute Gasteiger partial charge is 0.469 e. The summed E-state index contributed by atoms with van der Waals surface area (Å²) in [5, 5.41) is 10.7. The van der Waals surface area contributed by atoms with E-state index in [9.17, 15) is 14.9 Å². The molecule has 0 aliphatic heterocycles. The Bertz CT molecular complexity index is 1140. The van der Waals surface area contributed by atoms with Gasteiger partial charge in [0.2, 0.25) is 12.3 Å². The lowest BCUT2D eigenvalue weighted by Crippen LogP contribution is -2.31. The summed E-state index contributed by atoms with van der Waals surface area (Å²) in [6, 6.07) is 22.1. The zero-order valence-corrected chi connectivity index (χ0v) is 17.2. The van der Waals surface area contributed by atoms with Crippen LogP contribution in [-0.2, 0) is 0 Å². The maximum atomic E-state index is 13.8. The predicted octanol–water partition coefficient (Wildman–Crippen LogP) is 4.87. The molecule has 0 aliphatic rings. The monoisotopic (exact) mass is 433 g/mol. The van der Waals surface area contributed by atoms with Gasteiger partial charge in [0.05, 0.1) is 11.5 Å². The summed E-state index contributed by atoms with van der Waals surface area (Å²) in [7, 11) is 0. The quantitative estimate of drug-likeness (QED) is 0.162. The van der Waals surface area contributed by atoms with E-state index in [1.54, 1.807) is 29.1 Å². The smallest absolute Gasteiger partial charge is 0.215 e. The number of benzene rings is 2. The van der Waals surface area contributed by atoms with E-state index in [4.69, 9.17) is 4.42 Å². The van der Waals surface area contributed by atoms with Crippen molar-refractivity contribution in [1.29, 1.82) is 0 Å². The first kappa shape index (κ1) is 20.6. The fraction of sp³-hybridized carbons (Fsp3) is 0.130. The second-order valence-electron chi connectivity index (χ2n) is 6.81. The molecule has 0 radical (unpaired) electrons. The average molecular weight is 433 g/mol. The number of carbonyl (C=O) groups is 1. The van der Waals surface area contributed by atoms with Crippen molar-refractivity contribution in [2.45, 2.75) is 16.1 Å². The number of para-hydroxylation sites is 1. The molecule has 156 valence electrons. The molecular formula is C23H19N3O4S. The van der Waals surface area contributed by atoms with Gasteiger partial charge >= 0.3 is 0 Å². The SMILES string of the molecule is O=C(c1nccn1-c1ccccc1)[C@@H](Sc1ccccc1)[C@@H](C[N+](=O)[O-])c1ccco1.